The fourth-order valence-corrected chi connectivity index (χ4v) is 4.04. The van der Waals surface area contributed by atoms with Crippen molar-refractivity contribution < 1.29 is 24.2 Å². The Kier molecular flexibility index (Phi) is 6.10. The summed E-state index contributed by atoms with van der Waals surface area (Å²) in [5.41, 5.74) is 3.34. The Morgan fingerprint density at radius 2 is 1.65 bits per heavy atom. The number of carbonyl (C=O) groups is 3. The molecule has 1 aromatic heterocycles. The van der Waals surface area contributed by atoms with Crippen molar-refractivity contribution in [3.8, 4) is 11.1 Å². The molecule has 2 amide bonds. The Balaban J connectivity index is 1.35. The number of alkyl carbamates (subject to hydrolysis) is 1. The zero-order chi connectivity index (χ0) is 24.5. The summed E-state index contributed by atoms with van der Waals surface area (Å²) in [5, 5.41) is 18.4. The van der Waals surface area contributed by atoms with Crippen molar-refractivity contribution in [2.24, 2.45) is 12.5 Å². The van der Waals surface area contributed by atoms with Crippen LogP contribution < -0.4 is 10.6 Å². The van der Waals surface area contributed by atoms with E-state index in [2.05, 4.69) is 27.9 Å². The quantitative estimate of drug-likeness (QED) is 0.493. The van der Waals surface area contributed by atoms with Gasteiger partial charge in [-0.25, -0.2) is 9.59 Å². The number of ether oxygens (including phenoxy) is 1. The lowest BCUT2D eigenvalue weighted by molar-refractivity contribution is -0.123. The van der Waals surface area contributed by atoms with Crippen LogP contribution in [0.1, 0.15) is 41.3 Å². The molecule has 0 aliphatic heterocycles. The molecular weight excluding hydrogens is 436 g/mol. The Bertz CT molecular complexity index is 1220. The van der Waals surface area contributed by atoms with E-state index in [-0.39, 0.29) is 30.5 Å². The number of nitrogens with zero attached hydrogens (tertiary/aromatic N) is 2. The molecule has 2 aromatic carbocycles. The molecular formula is C25H26N4O5. The van der Waals surface area contributed by atoms with Crippen molar-refractivity contribution in [3.05, 3.63) is 71.4 Å². The highest BCUT2D eigenvalue weighted by Crippen LogP contribution is 2.44. The van der Waals surface area contributed by atoms with Crippen LogP contribution in [0.4, 0.5) is 10.6 Å². The van der Waals surface area contributed by atoms with E-state index in [1.165, 1.54) is 10.9 Å². The van der Waals surface area contributed by atoms with Gasteiger partial charge in [0.2, 0.25) is 5.91 Å². The lowest BCUT2D eigenvalue weighted by Crippen LogP contribution is -2.42. The van der Waals surface area contributed by atoms with E-state index in [1.54, 1.807) is 20.9 Å². The fourth-order valence-electron chi connectivity index (χ4n) is 4.04. The van der Waals surface area contributed by atoms with Gasteiger partial charge in [-0.15, -0.1) is 0 Å². The molecule has 1 heterocycles. The first kappa shape index (κ1) is 23.0. The Morgan fingerprint density at radius 1 is 1.06 bits per heavy atom. The third kappa shape index (κ3) is 4.50. The van der Waals surface area contributed by atoms with Gasteiger partial charge in [-0.05, 0) is 36.1 Å². The third-order valence-electron chi connectivity index (χ3n) is 5.92. The first-order valence-corrected chi connectivity index (χ1v) is 10.8. The average molecular weight is 463 g/mol. The van der Waals surface area contributed by atoms with E-state index in [0.717, 1.165) is 22.3 Å². The van der Waals surface area contributed by atoms with Gasteiger partial charge in [0.05, 0.1) is 5.41 Å². The van der Waals surface area contributed by atoms with Crippen LogP contribution in [0.2, 0.25) is 0 Å². The number of benzene rings is 2. The number of aromatic nitrogens is 2. The minimum atomic E-state index is -1.20. The number of carboxylic acid groups (broad SMARTS) is 1. The highest BCUT2D eigenvalue weighted by Gasteiger charge is 2.32. The van der Waals surface area contributed by atoms with Crippen LogP contribution in [0.25, 0.3) is 11.1 Å². The standard InChI is InChI=1S/C25H26N4O5/c1-25(2,23(32)27-21-19(22(30)31)12-29(3)28-21)14-26-24(33)34-13-20-17-10-6-4-8-15(17)16-9-5-7-11-18(16)20/h4-12,20H,13-14H2,1-3H3,(H,26,33)(H,30,31)(H,27,28,32). The molecule has 0 atom stereocenters. The number of hydrogen-bond donors (Lipinski definition) is 3. The van der Waals surface area contributed by atoms with Crippen LogP contribution in [0, 0.1) is 5.41 Å². The lowest BCUT2D eigenvalue weighted by atomic mass is 9.92. The van der Waals surface area contributed by atoms with E-state index < -0.39 is 23.4 Å². The summed E-state index contributed by atoms with van der Waals surface area (Å²) in [6, 6.07) is 16.1. The van der Waals surface area contributed by atoms with Gasteiger partial charge in [-0.3, -0.25) is 9.48 Å². The van der Waals surface area contributed by atoms with Crippen molar-refractivity contribution in [2.45, 2.75) is 19.8 Å². The predicted octanol–water partition coefficient (Wildman–Crippen LogP) is 3.62. The van der Waals surface area contributed by atoms with Gasteiger partial charge in [-0.1, -0.05) is 48.5 Å². The largest absolute Gasteiger partial charge is 0.477 e. The van der Waals surface area contributed by atoms with Gasteiger partial charge in [0, 0.05) is 25.7 Å². The first-order valence-electron chi connectivity index (χ1n) is 10.8. The summed E-state index contributed by atoms with van der Waals surface area (Å²) >= 11 is 0. The van der Waals surface area contributed by atoms with Gasteiger partial charge in [0.1, 0.15) is 12.2 Å². The number of carboxylic acids is 1. The van der Waals surface area contributed by atoms with E-state index >= 15 is 0 Å². The number of carbonyl (C=O) groups excluding carboxylic acids is 2. The number of anilines is 1. The molecule has 3 aromatic rings. The van der Waals surface area contributed by atoms with Crippen LogP contribution >= 0.6 is 0 Å². The maximum Gasteiger partial charge on any atom is 0.407 e. The van der Waals surface area contributed by atoms with Crippen molar-refractivity contribution >= 4 is 23.8 Å². The fraction of sp³-hybridized carbons (Fsp3) is 0.280. The van der Waals surface area contributed by atoms with Gasteiger partial charge in [-0.2, -0.15) is 5.10 Å². The second-order valence-corrected chi connectivity index (χ2v) is 8.89. The van der Waals surface area contributed by atoms with E-state index in [0.29, 0.717) is 0 Å². The van der Waals surface area contributed by atoms with Crippen LogP contribution in [0.3, 0.4) is 0 Å². The molecule has 0 unspecified atom stereocenters. The number of fused-ring (bicyclic) bond motifs is 3. The van der Waals surface area contributed by atoms with Crippen LogP contribution in [-0.4, -0.2) is 46.0 Å². The number of aromatic carboxylic acids is 1. The van der Waals surface area contributed by atoms with E-state index in [9.17, 15) is 19.5 Å². The van der Waals surface area contributed by atoms with Crippen molar-refractivity contribution in [1.82, 2.24) is 15.1 Å². The third-order valence-corrected chi connectivity index (χ3v) is 5.92. The molecule has 0 saturated heterocycles. The maximum absolute atomic E-state index is 12.7. The summed E-state index contributed by atoms with van der Waals surface area (Å²) in [6.07, 6.45) is 0.673. The number of amides is 2. The molecule has 9 heteroatoms. The molecule has 0 fully saturated rings. The zero-order valence-electron chi connectivity index (χ0n) is 19.2. The minimum Gasteiger partial charge on any atom is -0.477 e. The summed E-state index contributed by atoms with van der Waals surface area (Å²) in [7, 11) is 1.56. The zero-order valence-corrected chi connectivity index (χ0v) is 19.2. The molecule has 0 bridgehead atoms. The molecule has 176 valence electrons. The Labute approximate surface area is 196 Å². The molecule has 1 aliphatic rings. The first-order chi connectivity index (χ1) is 16.2. The number of rotatable bonds is 7. The van der Waals surface area contributed by atoms with Gasteiger partial charge < -0.3 is 20.5 Å². The van der Waals surface area contributed by atoms with E-state index in [4.69, 9.17) is 4.74 Å². The van der Waals surface area contributed by atoms with Crippen molar-refractivity contribution in [3.63, 3.8) is 0 Å². The lowest BCUT2D eigenvalue weighted by Gasteiger charge is -2.23. The molecule has 0 spiro atoms. The van der Waals surface area contributed by atoms with Crippen LogP contribution in [-0.2, 0) is 16.6 Å². The highest BCUT2D eigenvalue weighted by molar-refractivity contribution is 6.01. The van der Waals surface area contributed by atoms with Crippen LogP contribution in [0.15, 0.2) is 54.7 Å². The average Bonchev–Trinajstić information content (AvgIpc) is 3.34. The SMILES string of the molecule is Cn1cc(C(=O)O)c(NC(=O)C(C)(C)CNC(=O)OCC2c3ccccc3-c3ccccc32)n1. The summed E-state index contributed by atoms with van der Waals surface area (Å²) in [5.74, 6) is -1.78. The van der Waals surface area contributed by atoms with Crippen molar-refractivity contribution in [2.75, 3.05) is 18.5 Å². The maximum atomic E-state index is 12.7. The molecule has 0 saturated carbocycles. The Hall–Kier alpha value is -4.14. The van der Waals surface area contributed by atoms with Gasteiger partial charge in [0.15, 0.2) is 5.82 Å². The highest BCUT2D eigenvalue weighted by atomic mass is 16.5. The molecule has 3 N–H and O–H groups in total. The summed E-state index contributed by atoms with van der Waals surface area (Å²) < 4.78 is 6.82. The normalized spacial score (nSPS) is 12.6. The molecule has 0 radical (unpaired) electrons. The van der Waals surface area contributed by atoms with E-state index in [1.807, 2.05) is 36.4 Å². The Morgan fingerprint density at radius 3 is 2.24 bits per heavy atom. The second-order valence-electron chi connectivity index (χ2n) is 8.89. The van der Waals surface area contributed by atoms with Crippen LogP contribution in [0.5, 0.6) is 0 Å². The van der Waals surface area contributed by atoms with Gasteiger partial charge in [0.25, 0.3) is 0 Å². The molecule has 9 nitrogen and oxygen atoms in total. The molecule has 1 aliphatic carbocycles. The second kappa shape index (κ2) is 9.01. The topological polar surface area (TPSA) is 123 Å². The minimum absolute atomic E-state index is 0.00918. The molecule has 34 heavy (non-hydrogen) atoms. The molecule has 4 rings (SSSR count). The number of aryl methyl sites for hydroxylation is 1. The number of hydrogen-bond acceptors (Lipinski definition) is 5. The predicted molar refractivity (Wildman–Crippen MR) is 126 cm³/mol. The number of nitrogens with one attached hydrogen (secondary N) is 2. The van der Waals surface area contributed by atoms with Gasteiger partial charge >= 0.3 is 12.1 Å². The monoisotopic (exact) mass is 462 g/mol. The summed E-state index contributed by atoms with van der Waals surface area (Å²) in [6.45, 7) is 3.43. The summed E-state index contributed by atoms with van der Waals surface area (Å²) in [4.78, 5) is 36.5. The van der Waals surface area contributed by atoms with Crippen molar-refractivity contribution in [1.29, 1.82) is 0 Å². The smallest absolute Gasteiger partial charge is 0.407 e.